The fourth-order valence-corrected chi connectivity index (χ4v) is 4.99. The standard InChI is InChI=1S/C22H38N4O3S.HI/c1-6-16-30(27,28)26-13-10-19(11-14-26)25-21(23-5)24-12-15-29-20-9-7-8-18(17-20)22(2,3)4;/h7-9,17,19H,6,10-16H2,1-5H3,(H2,23,24,25);1H. The number of hydrogen-bond donors (Lipinski definition) is 2. The molecule has 1 aliphatic heterocycles. The first-order chi connectivity index (χ1) is 14.2. The topological polar surface area (TPSA) is 83.0 Å². The Bertz CT molecular complexity index is 801. The van der Waals surface area contributed by atoms with Crippen LogP contribution >= 0.6 is 24.0 Å². The van der Waals surface area contributed by atoms with E-state index in [0.717, 1.165) is 24.6 Å². The summed E-state index contributed by atoms with van der Waals surface area (Å²) >= 11 is 0. The summed E-state index contributed by atoms with van der Waals surface area (Å²) in [5, 5.41) is 6.67. The van der Waals surface area contributed by atoms with Crippen LogP contribution in [0, 0.1) is 0 Å². The lowest BCUT2D eigenvalue weighted by Crippen LogP contribution is -2.50. The van der Waals surface area contributed by atoms with E-state index in [-0.39, 0.29) is 41.2 Å². The molecule has 2 rings (SSSR count). The fraction of sp³-hybridized carbons (Fsp3) is 0.682. The van der Waals surface area contributed by atoms with Gasteiger partial charge in [0.25, 0.3) is 0 Å². The van der Waals surface area contributed by atoms with Gasteiger partial charge in [-0.3, -0.25) is 4.99 Å². The molecule has 0 aliphatic carbocycles. The molecule has 0 saturated carbocycles. The minimum atomic E-state index is -3.10. The maximum absolute atomic E-state index is 12.2. The van der Waals surface area contributed by atoms with Gasteiger partial charge in [-0.15, -0.1) is 24.0 Å². The fourth-order valence-electron chi connectivity index (χ4n) is 3.44. The molecule has 1 heterocycles. The predicted octanol–water partition coefficient (Wildman–Crippen LogP) is 3.35. The van der Waals surface area contributed by atoms with Crippen LogP contribution in [0.4, 0.5) is 0 Å². The lowest BCUT2D eigenvalue weighted by molar-refractivity contribution is 0.303. The maximum atomic E-state index is 12.2. The summed E-state index contributed by atoms with van der Waals surface area (Å²) in [7, 11) is -1.36. The normalized spacial score (nSPS) is 16.5. The second kappa shape index (κ2) is 12.8. The number of piperidine rings is 1. The van der Waals surface area contributed by atoms with E-state index in [1.807, 2.05) is 19.1 Å². The Hall–Kier alpha value is -1.07. The van der Waals surface area contributed by atoms with Crippen LogP contribution in [0.5, 0.6) is 5.75 Å². The minimum absolute atomic E-state index is 0. The molecule has 0 unspecified atom stereocenters. The van der Waals surface area contributed by atoms with Crippen molar-refractivity contribution in [1.29, 1.82) is 0 Å². The predicted molar refractivity (Wildman–Crippen MR) is 139 cm³/mol. The van der Waals surface area contributed by atoms with Crippen LogP contribution in [0.2, 0.25) is 0 Å². The molecular formula is C22H39IN4O3S. The second-order valence-corrected chi connectivity index (χ2v) is 10.8. The molecule has 0 amide bonds. The second-order valence-electron chi connectivity index (χ2n) is 8.76. The SMILES string of the molecule is CCCS(=O)(=O)N1CCC(NC(=NC)NCCOc2cccc(C(C)(C)C)c2)CC1.I. The molecule has 1 aromatic rings. The summed E-state index contributed by atoms with van der Waals surface area (Å²) in [5.74, 6) is 1.82. The van der Waals surface area contributed by atoms with Gasteiger partial charge in [-0.25, -0.2) is 12.7 Å². The van der Waals surface area contributed by atoms with Crippen LogP contribution in [0.25, 0.3) is 0 Å². The Morgan fingerprint density at radius 1 is 1.26 bits per heavy atom. The van der Waals surface area contributed by atoms with Crippen molar-refractivity contribution in [2.24, 2.45) is 4.99 Å². The Kier molecular flexibility index (Phi) is 11.6. The summed E-state index contributed by atoms with van der Waals surface area (Å²) in [4.78, 5) is 4.28. The number of benzene rings is 1. The smallest absolute Gasteiger partial charge is 0.214 e. The van der Waals surface area contributed by atoms with Gasteiger partial charge >= 0.3 is 0 Å². The van der Waals surface area contributed by atoms with Crippen LogP contribution in [0.3, 0.4) is 0 Å². The molecule has 7 nitrogen and oxygen atoms in total. The number of halogens is 1. The van der Waals surface area contributed by atoms with Gasteiger partial charge < -0.3 is 15.4 Å². The number of ether oxygens (including phenoxy) is 1. The van der Waals surface area contributed by atoms with Crippen molar-refractivity contribution in [1.82, 2.24) is 14.9 Å². The van der Waals surface area contributed by atoms with Gasteiger partial charge in [0.2, 0.25) is 10.0 Å². The molecule has 31 heavy (non-hydrogen) atoms. The van der Waals surface area contributed by atoms with Crippen molar-refractivity contribution in [3.05, 3.63) is 29.8 Å². The number of nitrogens with zero attached hydrogens (tertiary/aromatic N) is 2. The van der Waals surface area contributed by atoms with Gasteiger partial charge in [0.05, 0.1) is 12.3 Å². The summed E-state index contributed by atoms with van der Waals surface area (Å²) in [6, 6.07) is 8.43. The summed E-state index contributed by atoms with van der Waals surface area (Å²) in [5.41, 5.74) is 1.34. The van der Waals surface area contributed by atoms with Crippen LogP contribution in [0.1, 0.15) is 52.5 Å². The quantitative estimate of drug-likeness (QED) is 0.218. The number of nitrogens with one attached hydrogen (secondary N) is 2. The van der Waals surface area contributed by atoms with Crippen molar-refractivity contribution in [2.75, 3.05) is 39.0 Å². The van der Waals surface area contributed by atoms with Crippen molar-refractivity contribution in [2.45, 2.75) is 58.4 Å². The molecule has 0 radical (unpaired) electrons. The molecule has 0 spiro atoms. The lowest BCUT2D eigenvalue weighted by Gasteiger charge is -2.32. The molecule has 1 saturated heterocycles. The highest BCUT2D eigenvalue weighted by molar-refractivity contribution is 14.0. The zero-order valence-corrected chi connectivity index (χ0v) is 22.6. The number of rotatable bonds is 8. The highest BCUT2D eigenvalue weighted by atomic mass is 127. The summed E-state index contributed by atoms with van der Waals surface area (Å²) in [6.07, 6.45) is 2.21. The Balaban J connectivity index is 0.00000480. The molecule has 1 aliphatic rings. The van der Waals surface area contributed by atoms with E-state index in [1.165, 1.54) is 5.56 Å². The van der Waals surface area contributed by atoms with E-state index in [1.54, 1.807) is 11.4 Å². The van der Waals surface area contributed by atoms with E-state index < -0.39 is 10.0 Å². The molecule has 1 fully saturated rings. The van der Waals surface area contributed by atoms with Crippen LogP contribution in [-0.4, -0.2) is 63.8 Å². The molecule has 0 bridgehead atoms. The van der Waals surface area contributed by atoms with E-state index in [4.69, 9.17) is 4.74 Å². The van der Waals surface area contributed by atoms with E-state index in [0.29, 0.717) is 32.7 Å². The third kappa shape index (κ3) is 9.13. The largest absolute Gasteiger partial charge is 0.492 e. The first kappa shape index (κ1) is 28.0. The van der Waals surface area contributed by atoms with Crippen molar-refractivity contribution in [3.63, 3.8) is 0 Å². The monoisotopic (exact) mass is 566 g/mol. The Morgan fingerprint density at radius 2 is 1.94 bits per heavy atom. The van der Waals surface area contributed by atoms with Gasteiger partial charge in [-0.05, 0) is 42.4 Å². The zero-order valence-electron chi connectivity index (χ0n) is 19.5. The van der Waals surface area contributed by atoms with Crippen molar-refractivity contribution in [3.8, 4) is 5.75 Å². The van der Waals surface area contributed by atoms with Gasteiger partial charge in [-0.1, -0.05) is 39.8 Å². The molecule has 2 N–H and O–H groups in total. The highest BCUT2D eigenvalue weighted by Crippen LogP contribution is 2.25. The molecule has 178 valence electrons. The summed E-state index contributed by atoms with van der Waals surface area (Å²) in [6.45, 7) is 10.7. The number of aliphatic imine (C=N–C) groups is 1. The molecule has 1 aromatic carbocycles. The molecule has 9 heteroatoms. The Labute approximate surface area is 205 Å². The minimum Gasteiger partial charge on any atom is -0.492 e. The highest BCUT2D eigenvalue weighted by Gasteiger charge is 2.27. The third-order valence-corrected chi connectivity index (χ3v) is 7.31. The van der Waals surface area contributed by atoms with Gasteiger partial charge in [0.1, 0.15) is 12.4 Å². The zero-order chi connectivity index (χ0) is 22.2. The number of sulfonamides is 1. The van der Waals surface area contributed by atoms with Gasteiger partial charge in [0.15, 0.2) is 5.96 Å². The average Bonchev–Trinajstić information content (AvgIpc) is 2.70. The number of guanidine groups is 1. The van der Waals surface area contributed by atoms with E-state index in [2.05, 4.69) is 48.5 Å². The van der Waals surface area contributed by atoms with E-state index in [9.17, 15) is 8.42 Å². The van der Waals surface area contributed by atoms with Gasteiger partial charge in [0, 0.05) is 26.2 Å². The van der Waals surface area contributed by atoms with E-state index >= 15 is 0 Å². The van der Waals surface area contributed by atoms with Crippen LogP contribution in [-0.2, 0) is 15.4 Å². The lowest BCUT2D eigenvalue weighted by atomic mass is 9.87. The third-order valence-electron chi connectivity index (χ3n) is 5.24. The molecular weight excluding hydrogens is 527 g/mol. The first-order valence-electron chi connectivity index (χ1n) is 10.8. The van der Waals surface area contributed by atoms with Gasteiger partial charge in [-0.2, -0.15) is 0 Å². The van der Waals surface area contributed by atoms with Crippen LogP contribution < -0.4 is 15.4 Å². The van der Waals surface area contributed by atoms with Crippen molar-refractivity contribution >= 4 is 40.0 Å². The molecule has 0 aromatic heterocycles. The Morgan fingerprint density at radius 3 is 2.52 bits per heavy atom. The van der Waals surface area contributed by atoms with Crippen molar-refractivity contribution < 1.29 is 13.2 Å². The average molecular weight is 567 g/mol. The maximum Gasteiger partial charge on any atom is 0.214 e. The number of hydrogen-bond acceptors (Lipinski definition) is 4. The summed E-state index contributed by atoms with van der Waals surface area (Å²) < 4.78 is 31.9. The van der Waals surface area contributed by atoms with Crippen LogP contribution in [0.15, 0.2) is 29.3 Å². The first-order valence-corrected chi connectivity index (χ1v) is 12.4. The molecule has 0 atom stereocenters.